The Morgan fingerprint density at radius 2 is 2.00 bits per heavy atom. The first-order chi connectivity index (χ1) is 15.6. The van der Waals surface area contributed by atoms with Crippen molar-refractivity contribution in [3.8, 4) is 16.5 Å². The molecule has 3 heterocycles. The number of hydrogen-bond donors (Lipinski definition) is 1. The van der Waals surface area contributed by atoms with Crippen LogP contribution in [-0.4, -0.2) is 29.7 Å². The highest BCUT2D eigenvalue weighted by molar-refractivity contribution is 7.15. The third-order valence-corrected chi connectivity index (χ3v) is 7.93. The van der Waals surface area contributed by atoms with Gasteiger partial charge in [-0.2, -0.15) is 0 Å². The van der Waals surface area contributed by atoms with Crippen LogP contribution in [-0.2, 0) is 19.4 Å². The lowest BCUT2D eigenvalue weighted by Crippen LogP contribution is -2.37. The highest BCUT2D eigenvalue weighted by atomic mass is 32.1. The van der Waals surface area contributed by atoms with E-state index in [0.29, 0.717) is 23.7 Å². The van der Waals surface area contributed by atoms with Gasteiger partial charge in [-0.1, -0.05) is 6.92 Å². The van der Waals surface area contributed by atoms with Crippen molar-refractivity contribution in [1.82, 2.24) is 9.47 Å². The van der Waals surface area contributed by atoms with E-state index in [1.807, 2.05) is 28.4 Å². The van der Waals surface area contributed by atoms with Gasteiger partial charge in [0, 0.05) is 28.4 Å². The Morgan fingerprint density at radius 3 is 2.78 bits per heavy atom. The zero-order chi connectivity index (χ0) is 22.2. The van der Waals surface area contributed by atoms with Crippen molar-refractivity contribution >= 4 is 23.1 Å². The van der Waals surface area contributed by atoms with Crippen LogP contribution in [0.15, 0.2) is 36.5 Å². The lowest BCUT2D eigenvalue weighted by atomic mass is 9.95. The number of rotatable bonds is 4. The summed E-state index contributed by atoms with van der Waals surface area (Å²) < 4.78 is 13.1. The highest BCUT2D eigenvalue weighted by Gasteiger charge is 2.34. The normalized spacial score (nSPS) is 17.1. The fourth-order valence-electron chi connectivity index (χ4n) is 5.01. The number of aryl methyl sites for hydroxylation is 1. The summed E-state index contributed by atoms with van der Waals surface area (Å²) >= 11 is 1.91. The van der Waals surface area contributed by atoms with E-state index >= 15 is 0 Å². The SMILES string of the molecule is CC[C@H]1c2cccn2-c2sc3c(c2CN1C(=O)Nc1cc(OC)ccc1OC)CCCC3. The molecule has 3 aromatic rings. The molecule has 7 heteroatoms. The number of carbonyl (C=O) groups excluding carboxylic acids is 1. The van der Waals surface area contributed by atoms with Crippen LogP contribution in [0.4, 0.5) is 10.5 Å². The van der Waals surface area contributed by atoms with Gasteiger partial charge in [0.15, 0.2) is 0 Å². The number of nitrogens with one attached hydrogen (secondary N) is 1. The van der Waals surface area contributed by atoms with Crippen LogP contribution in [0.1, 0.15) is 53.9 Å². The number of benzene rings is 1. The molecule has 0 fully saturated rings. The van der Waals surface area contributed by atoms with Crippen LogP contribution < -0.4 is 14.8 Å². The Hall–Kier alpha value is -2.93. The molecule has 1 aromatic carbocycles. The van der Waals surface area contributed by atoms with E-state index in [2.05, 4.69) is 35.1 Å². The summed E-state index contributed by atoms with van der Waals surface area (Å²) in [7, 11) is 3.22. The molecule has 0 bridgehead atoms. The molecule has 0 unspecified atom stereocenters. The molecule has 2 aromatic heterocycles. The van der Waals surface area contributed by atoms with E-state index in [1.165, 1.54) is 33.8 Å². The van der Waals surface area contributed by atoms with Gasteiger partial charge in [-0.3, -0.25) is 0 Å². The number of carbonyl (C=O) groups is 1. The van der Waals surface area contributed by atoms with Gasteiger partial charge >= 0.3 is 6.03 Å². The van der Waals surface area contributed by atoms with Crippen molar-refractivity contribution in [2.24, 2.45) is 0 Å². The number of aromatic nitrogens is 1. The van der Waals surface area contributed by atoms with Crippen LogP contribution >= 0.6 is 11.3 Å². The molecule has 1 atom stereocenters. The Kier molecular flexibility index (Phi) is 5.59. The second-order valence-corrected chi connectivity index (χ2v) is 9.43. The molecule has 1 aliphatic heterocycles. The summed E-state index contributed by atoms with van der Waals surface area (Å²) in [5.74, 6) is 1.28. The van der Waals surface area contributed by atoms with Crippen molar-refractivity contribution in [3.63, 3.8) is 0 Å². The second kappa shape index (κ2) is 8.54. The van der Waals surface area contributed by atoms with Crippen LogP contribution in [0.2, 0.25) is 0 Å². The van der Waals surface area contributed by atoms with Crippen LogP contribution in [0.3, 0.4) is 0 Å². The molecule has 1 N–H and O–H groups in total. The monoisotopic (exact) mass is 451 g/mol. The Balaban J connectivity index is 1.55. The topological polar surface area (TPSA) is 55.7 Å². The van der Waals surface area contributed by atoms with E-state index in [4.69, 9.17) is 9.47 Å². The zero-order valence-electron chi connectivity index (χ0n) is 18.8. The number of hydrogen-bond acceptors (Lipinski definition) is 4. The Morgan fingerprint density at radius 1 is 1.16 bits per heavy atom. The molecule has 0 saturated heterocycles. The minimum absolute atomic E-state index is 0.0135. The number of thiophene rings is 1. The standard InChI is InChI=1S/C25H29N3O3S/c1-4-20-21-9-7-13-27(21)24-18(17-8-5-6-10-23(17)32-24)15-28(20)25(29)26-19-14-16(30-2)11-12-22(19)31-3/h7,9,11-14,20H,4-6,8,10,15H2,1-3H3,(H,26,29)/t20-/m0/s1. The van der Waals surface area contributed by atoms with Crippen LogP contribution in [0.25, 0.3) is 5.00 Å². The number of urea groups is 1. The molecule has 168 valence electrons. The quantitative estimate of drug-likeness (QED) is 0.535. The van der Waals surface area contributed by atoms with Crippen molar-refractivity contribution < 1.29 is 14.3 Å². The Bertz CT molecular complexity index is 1150. The van der Waals surface area contributed by atoms with Gasteiger partial charge in [0.1, 0.15) is 16.5 Å². The van der Waals surface area contributed by atoms with E-state index in [1.54, 1.807) is 20.3 Å². The third-order valence-electron chi connectivity index (χ3n) is 6.60. The van der Waals surface area contributed by atoms with Gasteiger partial charge in [0.2, 0.25) is 0 Å². The molecular formula is C25H29N3O3S. The third kappa shape index (κ3) is 3.45. The minimum atomic E-state index is -0.125. The number of anilines is 1. The summed E-state index contributed by atoms with van der Waals surface area (Å²) in [5, 5.41) is 4.38. The fourth-order valence-corrected chi connectivity index (χ4v) is 6.41. The molecule has 6 nitrogen and oxygen atoms in total. The average Bonchev–Trinajstić information content (AvgIpc) is 3.41. The molecule has 5 rings (SSSR count). The lowest BCUT2D eigenvalue weighted by Gasteiger charge is -2.30. The molecule has 0 saturated carbocycles. The first-order valence-corrected chi connectivity index (χ1v) is 12.1. The molecule has 1 aliphatic carbocycles. The highest BCUT2D eigenvalue weighted by Crippen LogP contribution is 2.43. The van der Waals surface area contributed by atoms with Crippen molar-refractivity contribution in [2.75, 3.05) is 19.5 Å². The molecule has 32 heavy (non-hydrogen) atoms. The molecule has 0 spiro atoms. The predicted molar refractivity (Wildman–Crippen MR) is 127 cm³/mol. The molecule has 2 amide bonds. The largest absolute Gasteiger partial charge is 0.497 e. The summed E-state index contributed by atoms with van der Waals surface area (Å²) in [6, 6.07) is 9.54. The number of amides is 2. The smallest absolute Gasteiger partial charge is 0.322 e. The van der Waals surface area contributed by atoms with Gasteiger partial charge in [0.05, 0.1) is 32.5 Å². The maximum absolute atomic E-state index is 13.7. The Labute approximate surface area is 192 Å². The van der Waals surface area contributed by atoms with Gasteiger partial charge < -0.3 is 24.3 Å². The first kappa shape index (κ1) is 20.9. The van der Waals surface area contributed by atoms with Gasteiger partial charge in [-0.15, -0.1) is 11.3 Å². The molecule has 0 radical (unpaired) electrons. The van der Waals surface area contributed by atoms with E-state index in [0.717, 1.165) is 25.0 Å². The molecular weight excluding hydrogens is 422 g/mol. The first-order valence-electron chi connectivity index (χ1n) is 11.2. The summed E-state index contributed by atoms with van der Waals surface area (Å²) in [5.41, 5.74) is 4.55. The van der Waals surface area contributed by atoms with Gasteiger partial charge in [0.25, 0.3) is 0 Å². The summed E-state index contributed by atoms with van der Waals surface area (Å²) in [4.78, 5) is 17.2. The van der Waals surface area contributed by atoms with E-state index < -0.39 is 0 Å². The van der Waals surface area contributed by atoms with E-state index in [9.17, 15) is 4.79 Å². The van der Waals surface area contributed by atoms with Gasteiger partial charge in [-0.25, -0.2) is 4.79 Å². The van der Waals surface area contributed by atoms with Crippen LogP contribution in [0, 0.1) is 0 Å². The lowest BCUT2D eigenvalue weighted by molar-refractivity contribution is 0.181. The van der Waals surface area contributed by atoms with E-state index in [-0.39, 0.29) is 12.1 Å². The second-order valence-electron chi connectivity index (χ2n) is 8.35. The number of methoxy groups -OCH3 is 2. The summed E-state index contributed by atoms with van der Waals surface area (Å²) in [6.07, 6.45) is 7.71. The number of ether oxygens (including phenoxy) is 2. The van der Waals surface area contributed by atoms with Crippen molar-refractivity contribution in [1.29, 1.82) is 0 Å². The average molecular weight is 452 g/mol. The maximum Gasteiger partial charge on any atom is 0.322 e. The minimum Gasteiger partial charge on any atom is -0.497 e. The molecule has 2 aliphatic rings. The number of fused-ring (bicyclic) bond motifs is 5. The van der Waals surface area contributed by atoms with Gasteiger partial charge in [-0.05, 0) is 61.9 Å². The zero-order valence-corrected chi connectivity index (χ0v) is 19.6. The maximum atomic E-state index is 13.7. The number of nitrogens with zero attached hydrogens (tertiary/aromatic N) is 2. The van der Waals surface area contributed by atoms with Crippen LogP contribution in [0.5, 0.6) is 11.5 Å². The van der Waals surface area contributed by atoms with Crippen molar-refractivity contribution in [2.45, 2.75) is 51.6 Å². The predicted octanol–water partition coefficient (Wildman–Crippen LogP) is 5.93. The summed E-state index contributed by atoms with van der Waals surface area (Å²) in [6.45, 7) is 2.75. The van der Waals surface area contributed by atoms with Crippen molar-refractivity contribution in [3.05, 3.63) is 58.2 Å². The fraction of sp³-hybridized carbons (Fsp3) is 0.400.